The van der Waals surface area contributed by atoms with Crippen LogP contribution in [0.4, 0.5) is 5.69 Å². The van der Waals surface area contributed by atoms with Gasteiger partial charge >= 0.3 is 0 Å². The summed E-state index contributed by atoms with van der Waals surface area (Å²) >= 11 is 0. The molecular formula is C14H14N4O3S. The first-order valence-electron chi connectivity index (χ1n) is 6.65. The zero-order valence-electron chi connectivity index (χ0n) is 11.8. The minimum atomic E-state index is -3.70. The molecule has 0 radical (unpaired) electrons. The number of aromatic amines is 1. The minimum absolute atomic E-state index is 0.149. The lowest BCUT2D eigenvalue weighted by Crippen LogP contribution is -2.13. The molecule has 1 aromatic heterocycles. The van der Waals surface area contributed by atoms with Gasteiger partial charge in [0.15, 0.2) is 0 Å². The number of nitrogens with zero attached hydrogens (tertiary/aromatic N) is 2. The predicted octanol–water partition coefficient (Wildman–Crippen LogP) is 2.16. The van der Waals surface area contributed by atoms with E-state index in [9.17, 15) is 8.42 Å². The van der Waals surface area contributed by atoms with E-state index in [2.05, 4.69) is 20.1 Å². The first kappa shape index (κ1) is 14.3. The summed E-state index contributed by atoms with van der Waals surface area (Å²) in [5.41, 5.74) is 1.43. The van der Waals surface area contributed by atoms with Gasteiger partial charge in [-0.25, -0.2) is 8.42 Å². The molecular weight excluding hydrogens is 304 g/mol. The van der Waals surface area contributed by atoms with Crippen LogP contribution in [0.2, 0.25) is 0 Å². The van der Waals surface area contributed by atoms with Gasteiger partial charge in [0, 0.05) is 0 Å². The lowest BCUT2D eigenvalue weighted by molar-refractivity contribution is 0.340. The third-order valence-corrected chi connectivity index (χ3v) is 4.42. The van der Waals surface area contributed by atoms with Gasteiger partial charge < -0.3 is 4.74 Å². The van der Waals surface area contributed by atoms with E-state index in [-0.39, 0.29) is 4.90 Å². The summed E-state index contributed by atoms with van der Waals surface area (Å²) in [6, 6.07) is 11.3. The molecule has 2 N–H and O–H groups in total. The Morgan fingerprint density at radius 2 is 1.91 bits per heavy atom. The maximum absolute atomic E-state index is 12.4. The average Bonchev–Trinajstić information content (AvgIpc) is 2.97. The van der Waals surface area contributed by atoms with Crippen LogP contribution >= 0.6 is 0 Å². The second-order valence-corrected chi connectivity index (χ2v) is 6.19. The van der Waals surface area contributed by atoms with E-state index in [1.807, 2.05) is 6.92 Å². The van der Waals surface area contributed by atoms with Gasteiger partial charge in [-0.15, -0.1) is 0 Å². The fourth-order valence-corrected chi connectivity index (χ4v) is 3.10. The summed E-state index contributed by atoms with van der Waals surface area (Å²) < 4.78 is 32.7. The quantitative estimate of drug-likeness (QED) is 0.751. The number of anilines is 1. The molecule has 0 unspecified atom stereocenters. The molecule has 0 aliphatic carbocycles. The summed E-state index contributed by atoms with van der Waals surface area (Å²) in [4.78, 5) is 0.149. The molecule has 114 valence electrons. The maximum atomic E-state index is 12.4. The van der Waals surface area contributed by atoms with Crippen LogP contribution in [0.3, 0.4) is 0 Å². The van der Waals surface area contributed by atoms with Crippen molar-refractivity contribution in [2.75, 3.05) is 11.3 Å². The van der Waals surface area contributed by atoms with Gasteiger partial charge in [0.2, 0.25) is 0 Å². The Kier molecular flexibility index (Phi) is 3.68. The molecule has 8 heteroatoms. The number of rotatable bonds is 5. The molecule has 0 saturated carbocycles. The predicted molar refractivity (Wildman–Crippen MR) is 82.3 cm³/mol. The first-order chi connectivity index (χ1) is 10.6. The van der Waals surface area contributed by atoms with Crippen molar-refractivity contribution in [3.8, 4) is 5.75 Å². The number of ether oxygens (including phenoxy) is 1. The molecule has 22 heavy (non-hydrogen) atoms. The first-order valence-corrected chi connectivity index (χ1v) is 8.13. The molecule has 0 spiro atoms. The van der Waals surface area contributed by atoms with E-state index in [4.69, 9.17) is 4.74 Å². The van der Waals surface area contributed by atoms with Crippen LogP contribution in [-0.2, 0) is 10.0 Å². The van der Waals surface area contributed by atoms with Crippen molar-refractivity contribution in [1.82, 2.24) is 15.4 Å². The van der Waals surface area contributed by atoms with Crippen molar-refractivity contribution in [1.29, 1.82) is 0 Å². The van der Waals surface area contributed by atoms with Crippen molar-refractivity contribution >= 4 is 26.7 Å². The van der Waals surface area contributed by atoms with Crippen LogP contribution in [0.25, 0.3) is 11.0 Å². The topological polar surface area (TPSA) is 97.0 Å². The number of hydrogen-bond donors (Lipinski definition) is 2. The highest BCUT2D eigenvalue weighted by Crippen LogP contribution is 2.23. The monoisotopic (exact) mass is 318 g/mol. The third-order valence-electron chi connectivity index (χ3n) is 3.04. The van der Waals surface area contributed by atoms with Crippen LogP contribution < -0.4 is 9.46 Å². The van der Waals surface area contributed by atoms with Crippen molar-refractivity contribution in [3.05, 3.63) is 42.5 Å². The molecule has 1 heterocycles. The molecule has 0 bridgehead atoms. The zero-order chi connectivity index (χ0) is 15.6. The molecule has 7 nitrogen and oxygen atoms in total. The normalized spacial score (nSPS) is 11.5. The second kappa shape index (κ2) is 5.64. The molecule has 3 aromatic rings. The molecule has 0 amide bonds. The number of benzene rings is 2. The Bertz CT molecular complexity index is 888. The van der Waals surface area contributed by atoms with Crippen LogP contribution in [-0.4, -0.2) is 30.4 Å². The van der Waals surface area contributed by atoms with E-state index < -0.39 is 10.0 Å². The van der Waals surface area contributed by atoms with E-state index in [1.54, 1.807) is 30.3 Å². The molecule has 0 saturated heterocycles. The van der Waals surface area contributed by atoms with Gasteiger partial charge in [0.05, 0.1) is 17.2 Å². The van der Waals surface area contributed by atoms with Gasteiger partial charge in [-0.1, -0.05) is 6.07 Å². The number of fused-ring (bicyclic) bond motifs is 1. The summed E-state index contributed by atoms with van der Waals surface area (Å²) in [7, 11) is -3.70. The van der Waals surface area contributed by atoms with Crippen molar-refractivity contribution in [2.45, 2.75) is 11.8 Å². The summed E-state index contributed by atoms with van der Waals surface area (Å²) in [6.45, 7) is 2.39. The third kappa shape index (κ3) is 2.73. The van der Waals surface area contributed by atoms with Gasteiger partial charge in [-0.05, 0) is 43.3 Å². The number of aromatic nitrogens is 3. The molecule has 0 aliphatic heterocycles. The fraction of sp³-hybridized carbons (Fsp3) is 0.143. The van der Waals surface area contributed by atoms with Gasteiger partial charge in [0.25, 0.3) is 10.0 Å². The molecule has 3 rings (SSSR count). The van der Waals surface area contributed by atoms with Crippen LogP contribution in [0.15, 0.2) is 47.4 Å². The van der Waals surface area contributed by atoms with Crippen LogP contribution in [0.5, 0.6) is 5.75 Å². The van der Waals surface area contributed by atoms with Gasteiger partial charge in [-0.3, -0.25) is 4.72 Å². The lowest BCUT2D eigenvalue weighted by atomic mass is 10.3. The smallest absolute Gasteiger partial charge is 0.261 e. The van der Waals surface area contributed by atoms with Crippen LogP contribution in [0, 0.1) is 0 Å². The zero-order valence-corrected chi connectivity index (χ0v) is 12.6. The highest BCUT2D eigenvalue weighted by Gasteiger charge is 2.16. The van der Waals surface area contributed by atoms with E-state index in [0.717, 1.165) is 0 Å². The summed E-state index contributed by atoms with van der Waals surface area (Å²) in [5.74, 6) is 0.625. The Morgan fingerprint density at radius 1 is 1.14 bits per heavy atom. The van der Waals surface area contributed by atoms with Crippen molar-refractivity contribution in [2.24, 2.45) is 0 Å². The highest BCUT2D eigenvalue weighted by molar-refractivity contribution is 7.92. The molecule has 0 atom stereocenters. The SMILES string of the molecule is CCOc1ccc(S(=O)(=O)Nc2cccc3n[nH]nc23)cc1. The highest BCUT2D eigenvalue weighted by atomic mass is 32.2. The number of H-pyrrole nitrogens is 1. The Hall–Kier alpha value is -2.61. The van der Waals surface area contributed by atoms with E-state index in [0.29, 0.717) is 29.1 Å². The van der Waals surface area contributed by atoms with Crippen molar-refractivity contribution < 1.29 is 13.2 Å². The summed E-state index contributed by atoms with van der Waals surface area (Å²) in [6.07, 6.45) is 0. The lowest BCUT2D eigenvalue weighted by Gasteiger charge is -2.09. The maximum Gasteiger partial charge on any atom is 0.261 e. The Labute approximate surface area is 127 Å². The Morgan fingerprint density at radius 3 is 2.64 bits per heavy atom. The fourth-order valence-electron chi connectivity index (χ4n) is 2.04. The minimum Gasteiger partial charge on any atom is -0.494 e. The molecule has 2 aromatic carbocycles. The number of hydrogen-bond acceptors (Lipinski definition) is 5. The van der Waals surface area contributed by atoms with Gasteiger partial charge in [0.1, 0.15) is 16.8 Å². The largest absolute Gasteiger partial charge is 0.494 e. The standard InChI is InChI=1S/C14H14N4O3S/c1-2-21-10-6-8-11(9-7-10)22(19,20)17-13-5-3-4-12-14(13)16-18-15-12/h3-9,17H,2H2,1H3,(H,15,16,18). The second-order valence-electron chi connectivity index (χ2n) is 4.51. The average molecular weight is 318 g/mol. The van der Waals surface area contributed by atoms with E-state index in [1.165, 1.54) is 12.1 Å². The number of para-hydroxylation sites is 1. The summed E-state index contributed by atoms with van der Waals surface area (Å²) in [5, 5.41) is 10.4. The molecule has 0 aliphatic rings. The molecule has 0 fully saturated rings. The number of nitrogens with one attached hydrogen (secondary N) is 2. The van der Waals surface area contributed by atoms with E-state index >= 15 is 0 Å². The van der Waals surface area contributed by atoms with Crippen molar-refractivity contribution in [3.63, 3.8) is 0 Å². The Balaban J connectivity index is 1.91. The van der Waals surface area contributed by atoms with Gasteiger partial charge in [-0.2, -0.15) is 15.4 Å². The van der Waals surface area contributed by atoms with Crippen LogP contribution in [0.1, 0.15) is 6.92 Å². The number of sulfonamides is 1.